The summed E-state index contributed by atoms with van der Waals surface area (Å²) in [5.41, 5.74) is 1.80. The summed E-state index contributed by atoms with van der Waals surface area (Å²) in [5, 5.41) is 0.752. The van der Waals surface area contributed by atoms with Crippen LogP contribution < -0.4 is 4.90 Å². The lowest BCUT2D eigenvalue weighted by Crippen LogP contribution is -2.35. The number of hydrogen-bond acceptors (Lipinski definition) is 2. The van der Waals surface area contributed by atoms with Gasteiger partial charge in [-0.15, -0.1) is 0 Å². The summed E-state index contributed by atoms with van der Waals surface area (Å²) < 4.78 is 0. The number of carbonyl (C=O) groups excluding carboxylic acids is 1. The van der Waals surface area contributed by atoms with Gasteiger partial charge in [0, 0.05) is 31.7 Å². The normalized spacial score (nSPS) is 19.4. The number of piperidine rings is 1. The Morgan fingerprint density at radius 3 is 2.30 bits per heavy atom. The van der Waals surface area contributed by atoms with E-state index in [9.17, 15) is 4.79 Å². The maximum Gasteiger partial charge on any atom is 0.253 e. The molecule has 0 atom stereocenters. The number of hydrogen-bond donors (Lipinski definition) is 0. The SMILES string of the molecule is O=C(c1ccc(Cl)c(N2CCCC2)c1)N1CCCCC1. The van der Waals surface area contributed by atoms with Crippen LogP contribution in [0.5, 0.6) is 0 Å². The summed E-state index contributed by atoms with van der Waals surface area (Å²) >= 11 is 6.30. The lowest BCUT2D eigenvalue weighted by atomic mass is 10.1. The average molecular weight is 293 g/mol. The zero-order valence-corrected chi connectivity index (χ0v) is 12.5. The fourth-order valence-electron chi connectivity index (χ4n) is 3.13. The molecule has 1 aromatic rings. The Balaban J connectivity index is 1.82. The predicted molar refractivity (Wildman–Crippen MR) is 82.7 cm³/mol. The molecule has 0 unspecified atom stereocenters. The van der Waals surface area contributed by atoms with E-state index in [0.717, 1.165) is 55.3 Å². The number of amides is 1. The lowest BCUT2D eigenvalue weighted by Gasteiger charge is -2.27. The third kappa shape index (κ3) is 2.78. The van der Waals surface area contributed by atoms with E-state index in [4.69, 9.17) is 11.6 Å². The van der Waals surface area contributed by atoms with Crippen molar-refractivity contribution in [2.45, 2.75) is 32.1 Å². The molecule has 108 valence electrons. The molecule has 1 amide bonds. The molecule has 0 bridgehead atoms. The molecule has 3 nitrogen and oxygen atoms in total. The van der Waals surface area contributed by atoms with E-state index >= 15 is 0 Å². The molecule has 0 radical (unpaired) electrons. The standard InChI is InChI=1S/C16H21ClN2O/c17-14-7-6-13(12-15(14)18-8-4-5-9-18)16(20)19-10-2-1-3-11-19/h6-7,12H,1-5,8-11H2. The van der Waals surface area contributed by atoms with Crippen LogP contribution >= 0.6 is 11.6 Å². The largest absolute Gasteiger partial charge is 0.370 e. The van der Waals surface area contributed by atoms with Gasteiger partial charge in [0.25, 0.3) is 5.91 Å². The number of likely N-dealkylation sites (tertiary alicyclic amines) is 1. The lowest BCUT2D eigenvalue weighted by molar-refractivity contribution is 0.0724. The van der Waals surface area contributed by atoms with Crippen molar-refractivity contribution in [2.24, 2.45) is 0 Å². The molecule has 1 aromatic carbocycles. The third-order valence-corrected chi connectivity index (χ3v) is 4.60. The van der Waals surface area contributed by atoms with Gasteiger partial charge in [0.1, 0.15) is 0 Å². The van der Waals surface area contributed by atoms with Crippen LogP contribution in [0.25, 0.3) is 0 Å². The highest BCUT2D eigenvalue weighted by Crippen LogP contribution is 2.30. The second-order valence-corrected chi connectivity index (χ2v) is 6.12. The monoisotopic (exact) mass is 292 g/mol. The molecular weight excluding hydrogens is 272 g/mol. The van der Waals surface area contributed by atoms with Crippen LogP contribution in [-0.2, 0) is 0 Å². The highest BCUT2D eigenvalue weighted by Gasteiger charge is 2.21. The molecule has 3 rings (SSSR count). The van der Waals surface area contributed by atoms with Crippen LogP contribution in [0.1, 0.15) is 42.5 Å². The second-order valence-electron chi connectivity index (χ2n) is 5.71. The second kappa shape index (κ2) is 6.04. The zero-order chi connectivity index (χ0) is 13.9. The van der Waals surface area contributed by atoms with Crippen molar-refractivity contribution in [3.05, 3.63) is 28.8 Å². The fraction of sp³-hybridized carbons (Fsp3) is 0.562. The Labute approximate surface area is 125 Å². The van der Waals surface area contributed by atoms with Crippen molar-refractivity contribution < 1.29 is 4.79 Å². The first-order valence-corrected chi connectivity index (χ1v) is 7.97. The maximum absolute atomic E-state index is 12.5. The highest BCUT2D eigenvalue weighted by molar-refractivity contribution is 6.33. The molecular formula is C16H21ClN2O. The molecule has 0 N–H and O–H groups in total. The molecule has 2 heterocycles. The van der Waals surface area contributed by atoms with Gasteiger partial charge in [0.2, 0.25) is 0 Å². The predicted octanol–water partition coefficient (Wildman–Crippen LogP) is 3.57. The van der Waals surface area contributed by atoms with Crippen LogP contribution in [0.3, 0.4) is 0 Å². The molecule has 0 aromatic heterocycles. The summed E-state index contributed by atoms with van der Waals surface area (Å²) in [6.45, 7) is 3.86. The van der Waals surface area contributed by atoms with Crippen molar-refractivity contribution >= 4 is 23.2 Å². The Hall–Kier alpha value is -1.22. The molecule has 0 spiro atoms. The first kappa shape index (κ1) is 13.7. The molecule has 0 aliphatic carbocycles. The summed E-state index contributed by atoms with van der Waals surface area (Å²) in [5.74, 6) is 0.154. The molecule has 2 aliphatic rings. The number of carbonyl (C=O) groups is 1. The van der Waals surface area contributed by atoms with E-state index in [1.807, 2.05) is 23.1 Å². The van der Waals surface area contributed by atoms with Crippen molar-refractivity contribution in [3.63, 3.8) is 0 Å². The van der Waals surface area contributed by atoms with Crippen LogP contribution in [0.4, 0.5) is 5.69 Å². The van der Waals surface area contributed by atoms with Crippen molar-refractivity contribution in [3.8, 4) is 0 Å². The number of halogens is 1. The van der Waals surface area contributed by atoms with E-state index in [1.54, 1.807) is 0 Å². The molecule has 2 fully saturated rings. The van der Waals surface area contributed by atoms with Gasteiger partial charge in [0.05, 0.1) is 10.7 Å². The minimum Gasteiger partial charge on any atom is -0.370 e. The Kier molecular flexibility index (Phi) is 4.16. The topological polar surface area (TPSA) is 23.6 Å². The third-order valence-electron chi connectivity index (χ3n) is 4.28. The fourth-order valence-corrected chi connectivity index (χ4v) is 3.36. The van der Waals surface area contributed by atoms with Crippen LogP contribution in [0, 0.1) is 0 Å². The maximum atomic E-state index is 12.5. The van der Waals surface area contributed by atoms with E-state index in [2.05, 4.69) is 4.90 Å². The molecule has 2 saturated heterocycles. The molecule has 4 heteroatoms. The number of nitrogens with zero attached hydrogens (tertiary/aromatic N) is 2. The Morgan fingerprint density at radius 1 is 0.950 bits per heavy atom. The van der Waals surface area contributed by atoms with E-state index in [-0.39, 0.29) is 5.91 Å². The van der Waals surface area contributed by atoms with E-state index in [1.165, 1.54) is 19.3 Å². The van der Waals surface area contributed by atoms with E-state index < -0.39 is 0 Å². The summed E-state index contributed by atoms with van der Waals surface area (Å²) in [6, 6.07) is 5.70. The van der Waals surface area contributed by atoms with Crippen LogP contribution in [0.2, 0.25) is 5.02 Å². The number of anilines is 1. The molecule has 0 saturated carbocycles. The van der Waals surface area contributed by atoms with Crippen molar-refractivity contribution in [2.75, 3.05) is 31.1 Å². The Bertz CT molecular complexity index is 491. The number of rotatable bonds is 2. The van der Waals surface area contributed by atoms with Crippen molar-refractivity contribution in [1.82, 2.24) is 4.90 Å². The van der Waals surface area contributed by atoms with Gasteiger partial charge in [-0.2, -0.15) is 0 Å². The van der Waals surface area contributed by atoms with Crippen LogP contribution in [0.15, 0.2) is 18.2 Å². The average Bonchev–Trinajstić information content (AvgIpc) is 3.02. The minimum atomic E-state index is 0.154. The first-order chi connectivity index (χ1) is 9.75. The van der Waals surface area contributed by atoms with Crippen LogP contribution in [-0.4, -0.2) is 37.0 Å². The van der Waals surface area contributed by atoms with Gasteiger partial charge in [-0.05, 0) is 50.3 Å². The number of benzene rings is 1. The Morgan fingerprint density at radius 2 is 1.60 bits per heavy atom. The summed E-state index contributed by atoms with van der Waals surface area (Å²) in [7, 11) is 0. The highest BCUT2D eigenvalue weighted by atomic mass is 35.5. The van der Waals surface area contributed by atoms with Gasteiger partial charge in [0.15, 0.2) is 0 Å². The van der Waals surface area contributed by atoms with Gasteiger partial charge in [-0.25, -0.2) is 0 Å². The van der Waals surface area contributed by atoms with Gasteiger partial charge in [-0.1, -0.05) is 11.6 Å². The quantitative estimate of drug-likeness (QED) is 0.832. The van der Waals surface area contributed by atoms with Gasteiger partial charge < -0.3 is 9.80 Å². The molecule has 20 heavy (non-hydrogen) atoms. The van der Waals surface area contributed by atoms with E-state index in [0.29, 0.717) is 0 Å². The van der Waals surface area contributed by atoms with Gasteiger partial charge in [-0.3, -0.25) is 4.79 Å². The smallest absolute Gasteiger partial charge is 0.253 e. The zero-order valence-electron chi connectivity index (χ0n) is 11.8. The molecule has 2 aliphatic heterocycles. The van der Waals surface area contributed by atoms with Crippen molar-refractivity contribution in [1.29, 1.82) is 0 Å². The minimum absolute atomic E-state index is 0.154. The summed E-state index contributed by atoms with van der Waals surface area (Å²) in [4.78, 5) is 16.8. The van der Waals surface area contributed by atoms with Gasteiger partial charge >= 0.3 is 0 Å². The summed E-state index contributed by atoms with van der Waals surface area (Å²) in [6.07, 6.45) is 5.90. The first-order valence-electron chi connectivity index (χ1n) is 7.59.